The third-order valence-corrected chi connectivity index (χ3v) is 3.04. The first-order valence-corrected chi connectivity index (χ1v) is 6.26. The van der Waals surface area contributed by atoms with Crippen molar-refractivity contribution >= 4 is 11.6 Å². The highest BCUT2D eigenvalue weighted by Gasteiger charge is 2.01. The maximum Gasteiger partial charge on any atom is 0.120 e. The number of phenolic OH excluding ortho intramolecular Hbond substituents is 1. The van der Waals surface area contributed by atoms with Crippen molar-refractivity contribution in [2.75, 3.05) is 0 Å². The molecule has 0 heterocycles. The van der Waals surface area contributed by atoms with Crippen molar-refractivity contribution in [3.05, 3.63) is 64.2 Å². The van der Waals surface area contributed by atoms with Gasteiger partial charge in [-0.3, -0.25) is 0 Å². The van der Waals surface area contributed by atoms with Crippen molar-refractivity contribution in [2.24, 2.45) is 0 Å². The number of halogens is 2. The van der Waals surface area contributed by atoms with Crippen molar-refractivity contribution in [2.45, 2.75) is 20.0 Å². The lowest BCUT2D eigenvalue weighted by Crippen LogP contribution is -3.00. The Balaban J connectivity index is 0.00000180. The summed E-state index contributed by atoms with van der Waals surface area (Å²) < 4.78 is 0. The number of nitrogens with one attached hydrogen (secondary N) is 1. The van der Waals surface area contributed by atoms with Gasteiger partial charge in [0.1, 0.15) is 5.75 Å². The van der Waals surface area contributed by atoms with Gasteiger partial charge in [-0.05, 0) is 30.7 Å². The SMILES string of the molecule is Cc1ccc(CNCc2cc(Cl)ccc2O)cc1.[Cl-]. The highest BCUT2D eigenvalue weighted by atomic mass is 35.5. The first kappa shape index (κ1) is 15.8. The second-order valence-corrected chi connectivity index (χ2v) is 4.80. The van der Waals surface area contributed by atoms with Crippen molar-refractivity contribution in [3.63, 3.8) is 0 Å². The molecule has 2 aromatic carbocycles. The van der Waals surface area contributed by atoms with Gasteiger partial charge in [-0.1, -0.05) is 41.4 Å². The van der Waals surface area contributed by atoms with E-state index in [1.54, 1.807) is 18.2 Å². The maximum absolute atomic E-state index is 9.67. The Morgan fingerprint density at radius 1 is 1.05 bits per heavy atom. The van der Waals surface area contributed by atoms with E-state index in [1.165, 1.54) is 11.1 Å². The number of hydrogen-bond donors (Lipinski definition) is 2. The third kappa shape index (κ3) is 4.75. The normalized spacial score (nSPS) is 10.0. The molecule has 0 atom stereocenters. The van der Waals surface area contributed by atoms with Gasteiger partial charge in [-0.15, -0.1) is 0 Å². The Morgan fingerprint density at radius 3 is 2.42 bits per heavy atom. The van der Waals surface area contributed by atoms with E-state index in [0.717, 1.165) is 12.1 Å². The van der Waals surface area contributed by atoms with E-state index in [-0.39, 0.29) is 18.2 Å². The van der Waals surface area contributed by atoms with Crippen LogP contribution < -0.4 is 17.7 Å². The molecule has 19 heavy (non-hydrogen) atoms. The summed E-state index contributed by atoms with van der Waals surface area (Å²) in [7, 11) is 0. The minimum atomic E-state index is 0. The summed E-state index contributed by atoms with van der Waals surface area (Å²) in [5.74, 6) is 0.274. The minimum absolute atomic E-state index is 0. The average Bonchev–Trinajstić information content (AvgIpc) is 2.36. The van der Waals surface area contributed by atoms with Gasteiger partial charge < -0.3 is 22.8 Å². The number of benzene rings is 2. The maximum atomic E-state index is 9.67. The molecule has 2 nitrogen and oxygen atoms in total. The van der Waals surface area contributed by atoms with Gasteiger partial charge in [0, 0.05) is 23.7 Å². The average molecular weight is 297 g/mol. The molecular formula is C15H16Cl2NO-. The fraction of sp³-hybridized carbons (Fsp3) is 0.200. The van der Waals surface area contributed by atoms with E-state index < -0.39 is 0 Å². The standard InChI is InChI=1S/C15H16ClNO.ClH/c1-11-2-4-12(5-3-11)9-17-10-13-8-14(16)6-7-15(13)18;/h2-8,17-18H,9-10H2,1H3;1H/p-1. The van der Waals surface area contributed by atoms with Crippen LogP contribution in [0.15, 0.2) is 42.5 Å². The van der Waals surface area contributed by atoms with E-state index >= 15 is 0 Å². The van der Waals surface area contributed by atoms with Crippen LogP contribution in [0.3, 0.4) is 0 Å². The summed E-state index contributed by atoms with van der Waals surface area (Å²) in [5, 5.41) is 13.6. The third-order valence-electron chi connectivity index (χ3n) is 2.81. The Kier molecular flexibility index (Phi) is 6.16. The van der Waals surface area contributed by atoms with E-state index in [1.807, 2.05) is 0 Å². The summed E-state index contributed by atoms with van der Waals surface area (Å²) in [6.45, 7) is 3.44. The molecule has 102 valence electrons. The van der Waals surface area contributed by atoms with Crippen LogP contribution in [-0.4, -0.2) is 5.11 Å². The smallest absolute Gasteiger partial charge is 0.120 e. The summed E-state index contributed by atoms with van der Waals surface area (Å²) in [6, 6.07) is 13.5. The lowest BCUT2D eigenvalue weighted by molar-refractivity contribution is -0.00000465. The second kappa shape index (κ2) is 7.39. The van der Waals surface area contributed by atoms with Gasteiger partial charge in [-0.25, -0.2) is 0 Å². The zero-order chi connectivity index (χ0) is 13.0. The molecule has 2 aromatic rings. The van der Waals surface area contributed by atoms with E-state index in [9.17, 15) is 5.11 Å². The fourth-order valence-corrected chi connectivity index (χ4v) is 1.94. The first-order chi connectivity index (χ1) is 8.65. The summed E-state index contributed by atoms with van der Waals surface area (Å²) in [6.07, 6.45) is 0. The summed E-state index contributed by atoms with van der Waals surface area (Å²) in [5.41, 5.74) is 3.29. The fourth-order valence-electron chi connectivity index (χ4n) is 1.74. The topological polar surface area (TPSA) is 32.3 Å². The molecule has 0 spiro atoms. The Hall–Kier alpha value is -1.22. The molecule has 4 heteroatoms. The molecule has 0 aliphatic rings. The molecule has 0 fully saturated rings. The van der Waals surface area contributed by atoms with Crippen LogP contribution in [0.5, 0.6) is 5.75 Å². The van der Waals surface area contributed by atoms with Crippen LogP contribution in [0.2, 0.25) is 5.02 Å². The number of phenols is 1. The molecule has 2 rings (SSSR count). The number of aryl methyl sites for hydroxylation is 1. The van der Waals surface area contributed by atoms with Crippen LogP contribution in [0.1, 0.15) is 16.7 Å². The molecule has 0 unspecified atom stereocenters. The van der Waals surface area contributed by atoms with Gasteiger partial charge in [-0.2, -0.15) is 0 Å². The molecule has 0 bridgehead atoms. The van der Waals surface area contributed by atoms with Gasteiger partial charge in [0.15, 0.2) is 0 Å². The molecule has 0 aliphatic carbocycles. The van der Waals surface area contributed by atoms with Crippen molar-refractivity contribution in [1.82, 2.24) is 5.32 Å². The van der Waals surface area contributed by atoms with Gasteiger partial charge >= 0.3 is 0 Å². The van der Waals surface area contributed by atoms with Gasteiger partial charge in [0.25, 0.3) is 0 Å². The molecule has 2 N–H and O–H groups in total. The summed E-state index contributed by atoms with van der Waals surface area (Å²) >= 11 is 5.89. The van der Waals surface area contributed by atoms with Gasteiger partial charge in [0.2, 0.25) is 0 Å². The van der Waals surface area contributed by atoms with Crippen molar-refractivity contribution in [3.8, 4) is 5.75 Å². The highest BCUT2D eigenvalue weighted by Crippen LogP contribution is 2.21. The van der Waals surface area contributed by atoms with Crippen LogP contribution in [-0.2, 0) is 13.1 Å². The van der Waals surface area contributed by atoms with Crippen LogP contribution in [0.4, 0.5) is 0 Å². The molecule has 0 aromatic heterocycles. The van der Waals surface area contributed by atoms with E-state index in [4.69, 9.17) is 11.6 Å². The van der Waals surface area contributed by atoms with Crippen LogP contribution >= 0.6 is 11.6 Å². The largest absolute Gasteiger partial charge is 1.00 e. The highest BCUT2D eigenvalue weighted by molar-refractivity contribution is 6.30. The zero-order valence-corrected chi connectivity index (χ0v) is 12.2. The predicted molar refractivity (Wildman–Crippen MR) is 74.8 cm³/mol. The molecule has 0 saturated carbocycles. The van der Waals surface area contributed by atoms with E-state index in [0.29, 0.717) is 11.6 Å². The lowest BCUT2D eigenvalue weighted by atomic mass is 10.1. The Labute approximate surface area is 124 Å². The number of aromatic hydroxyl groups is 1. The van der Waals surface area contributed by atoms with Crippen molar-refractivity contribution in [1.29, 1.82) is 0 Å². The zero-order valence-electron chi connectivity index (χ0n) is 10.7. The molecule has 0 saturated heterocycles. The van der Waals surface area contributed by atoms with Gasteiger partial charge in [0.05, 0.1) is 0 Å². The number of rotatable bonds is 4. The molecule has 0 radical (unpaired) electrons. The van der Waals surface area contributed by atoms with Crippen molar-refractivity contribution < 1.29 is 17.5 Å². The second-order valence-electron chi connectivity index (χ2n) is 4.36. The monoisotopic (exact) mass is 296 g/mol. The molecule has 0 aliphatic heterocycles. The lowest BCUT2D eigenvalue weighted by Gasteiger charge is -2.07. The van der Waals surface area contributed by atoms with Crippen LogP contribution in [0, 0.1) is 6.92 Å². The van der Waals surface area contributed by atoms with E-state index in [2.05, 4.69) is 36.5 Å². The quantitative estimate of drug-likeness (QED) is 0.868. The number of hydrogen-bond acceptors (Lipinski definition) is 2. The summed E-state index contributed by atoms with van der Waals surface area (Å²) in [4.78, 5) is 0. The molecular weight excluding hydrogens is 281 g/mol. The first-order valence-electron chi connectivity index (χ1n) is 5.89. The predicted octanol–water partition coefficient (Wildman–Crippen LogP) is 0.648. The Bertz CT molecular complexity index is 526. The molecule has 0 amide bonds. The minimum Gasteiger partial charge on any atom is -1.00 e. The van der Waals surface area contributed by atoms with Crippen LogP contribution in [0.25, 0.3) is 0 Å². The Morgan fingerprint density at radius 2 is 1.74 bits per heavy atom.